The standard InChI is InChI=1S/C29H27ClN2O5S2/c1-4-36-29(35)25-18-10-9-15(2)13-23(18)39-27(25)32-26(33)16(3)37-28(34)19-14-21(22-11-12-24(30)38-22)31-20-8-6-5-7-17(19)20/h5-8,11-12,14-16H,4,9-10,13H2,1-3H3,(H,32,33)/t15-,16-/m0/s1. The van der Waals surface area contributed by atoms with Crippen LogP contribution < -0.4 is 5.32 Å². The summed E-state index contributed by atoms with van der Waals surface area (Å²) >= 11 is 8.87. The van der Waals surface area contributed by atoms with Crippen molar-refractivity contribution in [2.45, 2.75) is 46.1 Å². The van der Waals surface area contributed by atoms with Gasteiger partial charge in [-0.3, -0.25) is 4.79 Å². The van der Waals surface area contributed by atoms with Crippen LogP contribution in [0.15, 0.2) is 42.5 Å². The molecule has 0 saturated carbocycles. The molecule has 1 aliphatic carbocycles. The monoisotopic (exact) mass is 582 g/mol. The van der Waals surface area contributed by atoms with Gasteiger partial charge in [-0.1, -0.05) is 36.7 Å². The number of hydrogen-bond donors (Lipinski definition) is 1. The fraction of sp³-hybridized carbons (Fsp3) is 0.310. The number of amides is 1. The number of benzene rings is 1. The first-order valence-corrected chi connectivity index (χ1v) is 14.7. The summed E-state index contributed by atoms with van der Waals surface area (Å²) in [4.78, 5) is 45.9. The smallest absolute Gasteiger partial charge is 0.341 e. The first kappa shape index (κ1) is 27.3. The number of thiophene rings is 2. The average Bonchev–Trinajstić information content (AvgIpc) is 3.50. The molecule has 0 bridgehead atoms. The van der Waals surface area contributed by atoms with Gasteiger partial charge in [0.15, 0.2) is 6.10 Å². The van der Waals surface area contributed by atoms with Crippen molar-refractivity contribution in [3.63, 3.8) is 0 Å². The normalized spacial score (nSPS) is 15.4. The Morgan fingerprint density at radius 1 is 1.15 bits per heavy atom. The minimum absolute atomic E-state index is 0.237. The van der Waals surface area contributed by atoms with Crippen LogP contribution in [-0.2, 0) is 27.1 Å². The van der Waals surface area contributed by atoms with Crippen LogP contribution in [0.25, 0.3) is 21.5 Å². The van der Waals surface area contributed by atoms with Crippen LogP contribution in [0.3, 0.4) is 0 Å². The Bertz CT molecular complexity index is 1580. The Kier molecular flexibility index (Phi) is 8.02. The van der Waals surface area contributed by atoms with Crippen molar-refractivity contribution in [3.8, 4) is 10.6 Å². The van der Waals surface area contributed by atoms with Crippen LogP contribution in [0.4, 0.5) is 5.00 Å². The number of hydrogen-bond acceptors (Lipinski definition) is 8. The van der Waals surface area contributed by atoms with Crippen molar-refractivity contribution in [3.05, 3.63) is 68.4 Å². The molecule has 0 spiro atoms. The molecule has 3 aromatic heterocycles. The quantitative estimate of drug-likeness (QED) is 0.232. The van der Waals surface area contributed by atoms with Crippen molar-refractivity contribution in [1.29, 1.82) is 0 Å². The van der Waals surface area contributed by atoms with Gasteiger partial charge in [0, 0.05) is 10.3 Å². The maximum absolute atomic E-state index is 13.3. The Labute approximate surface area is 239 Å². The van der Waals surface area contributed by atoms with Crippen LogP contribution in [0.1, 0.15) is 58.3 Å². The highest BCUT2D eigenvalue weighted by atomic mass is 35.5. The number of fused-ring (bicyclic) bond motifs is 2. The SMILES string of the molecule is CCOC(=O)c1c(NC(=O)[C@H](C)OC(=O)c2cc(-c3ccc(Cl)s3)nc3ccccc23)sc2c1CC[C@H](C)C2. The lowest BCUT2D eigenvalue weighted by atomic mass is 9.88. The molecule has 1 N–H and O–H groups in total. The van der Waals surface area contributed by atoms with Gasteiger partial charge in [0.25, 0.3) is 5.91 Å². The summed E-state index contributed by atoms with van der Waals surface area (Å²) in [7, 11) is 0. The van der Waals surface area contributed by atoms with Crippen molar-refractivity contribution in [2.24, 2.45) is 5.92 Å². The third-order valence-corrected chi connectivity index (χ3v) is 9.07. The molecule has 7 nitrogen and oxygen atoms in total. The van der Waals surface area contributed by atoms with Crippen LogP contribution >= 0.6 is 34.3 Å². The van der Waals surface area contributed by atoms with Gasteiger partial charge in [-0.25, -0.2) is 14.6 Å². The van der Waals surface area contributed by atoms with Gasteiger partial charge in [0.05, 0.1) is 38.2 Å². The molecule has 1 aliphatic rings. The van der Waals surface area contributed by atoms with Gasteiger partial charge >= 0.3 is 11.9 Å². The number of nitrogens with zero attached hydrogens (tertiary/aromatic N) is 1. The van der Waals surface area contributed by atoms with Crippen LogP contribution in [0, 0.1) is 5.92 Å². The fourth-order valence-electron chi connectivity index (χ4n) is 4.67. The van der Waals surface area contributed by atoms with Crippen molar-refractivity contribution in [1.82, 2.24) is 4.98 Å². The molecule has 0 aliphatic heterocycles. The van der Waals surface area contributed by atoms with Crippen LogP contribution in [0.2, 0.25) is 4.34 Å². The van der Waals surface area contributed by atoms with E-state index in [0.29, 0.717) is 43.0 Å². The highest BCUT2D eigenvalue weighted by molar-refractivity contribution is 7.19. The van der Waals surface area contributed by atoms with E-state index in [1.54, 1.807) is 25.1 Å². The maximum Gasteiger partial charge on any atom is 0.341 e. The summed E-state index contributed by atoms with van der Waals surface area (Å²) in [6.07, 6.45) is 1.46. The van der Waals surface area contributed by atoms with Crippen LogP contribution in [-0.4, -0.2) is 35.5 Å². The van der Waals surface area contributed by atoms with Gasteiger partial charge in [0.2, 0.25) is 0 Å². The Morgan fingerprint density at radius 2 is 1.95 bits per heavy atom. The third kappa shape index (κ3) is 5.71. The summed E-state index contributed by atoms with van der Waals surface area (Å²) in [5.41, 5.74) is 2.87. The second kappa shape index (κ2) is 11.5. The molecule has 1 amide bonds. The Morgan fingerprint density at radius 3 is 2.69 bits per heavy atom. The van der Waals surface area contributed by atoms with E-state index >= 15 is 0 Å². The van der Waals surface area contributed by atoms with E-state index in [0.717, 1.165) is 34.6 Å². The van der Waals surface area contributed by atoms with E-state index in [1.165, 1.54) is 29.6 Å². The van der Waals surface area contributed by atoms with Gasteiger partial charge < -0.3 is 14.8 Å². The minimum Gasteiger partial charge on any atom is -0.462 e. The van der Waals surface area contributed by atoms with Crippen molar-refractivity contribution < 1.29 is 23.9 Å². The molecule has 0 fully saturated rings. The predicted octanol–water partition coefficient (Wildman–Crippen LogP) is 7.16. The molecule has 202 valence electrons. The minimum atomic E-state index is -1.11. The Hall–Kier alpha value is -3.27. The maximum atomic E-state index is 13.3. The van der Waals surface area contributed by atoms with E-state index < -0.39 is 23.9 Å². The zero-order chi connectivity index (χ0) is 27.7. The first-order valence-electron chi connectivity index (χ1n) is 12.7. The summed E-state index contributed by atoms with van der Waals surface area (Å²) in [6.45, 7) is 5.67. The molecular formula is C29H27ClN2O5S2. The predicted molar refractivity (Wildman–Crippen MR) is 155 cm³/mol. The number of carbonyl (C=O) groups is 3. The number of ether oxygens (including phenoxy) is 2. The first-order chi connectivity index (χ1) is 18.7. The highest BCUT2D eigenvalue weighted by Gasteiger charge is 2.30. The van der Waals surface area contributed by atoms with E-state index in [2.05, 4.69) is 17.2 Å². The lowest BCUT2D eigenvalue weighted by Crippen LogP contribution is -2.30. The summed E-state index contributed by atoms with van der Waals surface area (Å²) in [5.74, 6) is -1.12. The Balaban J connectivity index is 1.39. The van der Waals surface area contributed by atoms with E-state index in [4.69, 9.17) is 21.1 Å². The number of halogens is 1. The number of esters is 2. The number of aromatic nitrogens is 1. The van der Waals surface area contributed by atoms with Gasteiger partial charge in [-0.05, 0) is 68.9 Å². The molecule has 1 aromatic carbocycles. The van der Waals surface area contributed by atoms with E-state index in [9.17, 15) is 14.4 Å². The summed E-state index contributed by atoms with van der Waals surface area (Å²) in [6, 6.07) is 12.5. The molecule has 0 radical (unpaired) electrons. The van der Waals surface area contributed by atoms with Gasteiger partial charge in [-0.2, -0.15) is 0 Å². The summed E-state index contributed by atoms with van der Waals surface area (Å²) < 4.78 is 11.5. The molecule has 0 unspecified atom stereocenters. The molecule has 2 atom stereocenters. The number of carbonyl (C=O) groups excluding carboxylic acids is 3. The molecular weight excluding hydrogens is 556 g/mol. The average molecular weight is 583 g/mol. The lowest BCUT2D eigenvalue weighted by molar-refractivity contribution is -0.123. The topological polar surface area (TPSA) is 94.6 Å². The molecule has 5 rings (SSSR count). The molecule has 39 heavy (non-hydrogen) atoms. The highest BCUT2D eigenvalue weighted by Crippen LogP contribution is 2.40. The largest absolute Gasteiger partial charge is 0.462 e. The second-order valence-corrected chi connectivity index (χ2v) is 12.3. The number of rotatable bonds is 7. The zero-order valence-electron chi connectivity index (χ0n) is 21.7. The lowest BCUT2D eigenvalue weighted by Gasteiger charge is -2.18. The van der Waals surface area contributed by atoms with Crippen molar-refractivity contribution >= 4 is 68.0 Å². The number of para-hydroxylation sites is 1. The molecule has 4 aromatic rings. The molecule has 3 heterocycles. The van der Waals surface area contributed by atoms with Crippen LogP contribution in [0.5, 0.6) is 0 Å². The van der Waals surface area contributed by atoms with E-state index in [1.807, 2.05) is 24.3 Å². The fourth-order valence-corrected chi connectivity index (χ4v) is 7.08. The zero-order valence-corrected chi connectivity index (χ0v) is 24.1. The number of pyridine rings is 1. The van der Waals surface area contributed by atoms with Crippen molar-refractivity contribution in [2.75, 3.05) is 11.9 Å². The number of nitrogens with one attached hydrogen (secondary N) is 1. The van der Waals surface area contributed by atoms with E-state index in [-0.39, 0.29) is 6.61 Å². The molecule has 0 saturated heterocycles. The van der Waals surface area contributed by atoms with Gasteiger partial charge in [-0.15, -0.1) is 22.7 Å². The summed E-state index contributed by atoms with van der Waals surface area (Å²) in [5, 5.41) is 3.89. The second-order valence-electron chi connectivity index (χ2n) is 9.49. The van der Waals surface area contributed by atoms with Gasteiger partial charge in [0.1, 0.15) is 5.00 Å². The number of anilines is 1. The third-order valence-electron chi connectivity index (χ3n) is 6.64. The molecule has 10 heteroatoms.